The van der Waals surface area contributed by atoms with Crippen molar-refractivity contribution in [3.63, 3.8) is 0 Å². The number of hydrogen-bond acceptors (Lipinski definition) is 2. The number of rotatable bonds is 2. The summed E-state index contributed by atoms with van der Waals surface area (Å²) < 4.78 is 0. The molecule has 1 fully saturated rings. The summed E-state index contributed by atoms with van der Waals surface area (Å²) in [6.45, 7) is 1.04. The molecule has 3 N–H and O–H groups in total. The molecule has 3 nitrogen and oxygen atoms in total. The van der Waals surface area contributed by atoms with E-state index in [-0.39, 0.29) is 5.91 Å². The largest absolute Gasteiger partial charge is 0.370 e. The van der Waals surface area contributed by atoms with E-state index in [0.29, 0.717) is 12.5 Å². The summed E-state index contributed by atoms with van der Waals surface area (Å²) >= 11 is 0. The molecule has 1 atom stereocenters. The van der Waals surface area contributed by atoms with Crippen LogP contribution in [0, 0.1) is 0 Å². The second-order valence-electron chi connectivity index (χ2n) is 2.46. The maximum Gasteiger partial charge on any atom is 0.218 e. The molecule has 1 rings (SSSR count). The van der Waals surface area contributed by atoms with E-state index in [1.165, 1.54) is 6.42 Å². The number of carbonyl (C=O) groups is 1. The van der Waals surface area contributed by atoms with Gasteiger partial charge in [-0.05, 0) is 19.4 Å². The van der Waals surface area contributed by atoms with Crippen molar-refractivity contribution in [2.75, 3.05) is 6.54 Å². The van der Waals surface area contributed by atoms with Gasteiger partial charge in [0.2, 0.25) is 5.91 Å². The number of primary amides is 1. The summed E-state index contributed by atoms with van der Waals surface area (Å²) in [6.07, 6.45) is 2.78. The molecule has 0 saturated carbocycles. The summed E-state index contributed by atoms with van der Waals surface area (Å²) in [4.78, 5) is 10.3. The molecule has 0 spiro atoms. The van der Waals surface area contributed by atoms with E-state index < -0.39 is 0 Å². The zero-order chi connectivity index (χ0) is 6.69. The van der Waals surface area contributed by atoms with Crippen molar-refractivity contribution in [2.24, 2.45) is 5.73 Å². The van der Waals surface area contributed by atoms with Crippen molar-refractivity contribution in [3.05, 3.63) is 0 Å². The van der Waals surface area contributed by atoms with Gasteiger partial charge in [-0.15, -0.1) is 0 Å². The number of nitrogens with one attached hydrogen (secondary N) is 1. The van der Waals surface area contributed by atoms with Crippen LogP contribution < -0.4 is 11.1 Å². The Morgan fingerprint density at radius 3 is 3.00 bits per heavy atom. The molecule has 1 amide bonds. The van der Waals surface area contributed by atoms with Crippen LogP contribution in [0.25, 0.3) is 0 Å². The Balaban J connectivity index is 2.19. The first-order valence-corrected chi connectivity index (χ1v) is 3.31. The second kappa shape index (κ2) is 2.82. The second-order valence-corrected chi connectivity index (χ2v) is 2.46. The zero-order valence-electron chi connectivity index (χ0n) is 5.39. The van der Waals surface area contributed by atoms with Crippen molar-refractivity contribution in [1.29, 1.82) is 0 Å². The first-order chi connectivity index (χ1) is 4.29. The molecular weight excluding hydrogens is 116 g/mol. The van der Waals surface area contributed by atoms with Crippen molar-refractivity contribution in [1.82, 2.24) is 5.32 Å². The predicted octanol–water partition coefficient (Wildman–Crippen LogP) is -0.386. The molecule has 0 aromatic heterocycles. The van der Waals surface area contributed by atoms with Gasteiger partial charge in [0.15, 0.2) is 0 Å². The average Bonchev–Trinajstić information content (AvgIpc) is 2.15. The Labute approximate surface area is 54.6 Å². The smallest absolute Gasteiger partial charge is 0.218 e. The van der Waals surface area contributed by atoms with Gasteiger partial charge in [-0.25, -0.2) is 0 Å². The molecule has 0 aromatic carbocycles. The van der Waals surface area contributed by atoms with E-state index in [1.54, 1.807) is 0 Å². The molecular formula is C6H12N2O. The lowest BCUT2D eigenvalue weighted by molar-refractivity contribution is -0.118. The summed E-state index contributed by atoms with van der Waals surface area (Å²) in [6, 6.07) is 0.363. The van der Waals surface area contributed by atoms with Crippen LogP contribution in [-0.4, -0.2) is 18.5 Å². The molecule has 9 heavy (non-hydrogen) atoms. The van der Waals surface area contributed by atoms with E-state index in [4.69, 9.17) is 5.73 Å². The predicted molar refractivity (Wildman–Crippen MR) is 34.8 cm³/mol. The highest BCUT2D eigenvalue weighted by atomic mass is 16.1. The lowest BCUT2D eigenvalue weighted by Gasteiger charge is -2.04. The number of carbonyl (C=O) groups excluding carboxylic acids is 1. The monoisotopic (exact) mass is 128 g/mol. The molecule has 1 aliphatic heterocycles. The van der Waals surface area contributed by atoms with Crippen LogP contribution in [0.3, 0.4) is 0 Å². The van der Waals surface area contributed by atoms with Gasteiger partial charge in [-0.2, -0.15) is 0 Å². The van der Waals surface area contributed by atoms with Crippen LogP contribution in [-0.2, 0) is 4.79 Å². The van der Waals surface area contributed by atoms with E-state index in [0.717, 1.165) is 13.0 Å². The number of amides is 1. The highest BCUT2D eigenvalue weighted by molar-refractivity contribution is 5.74. The summed E-state index contributed by atoms with van der Waals surface area (Å²) in [5, 5.41) is 3.19. The van der Waals surface area contributed by atoms with E-state index in [2.05, 4.69) is 5.32 Å². The van der Waals surface area contributed by atoms with Gasteiger partial charge >= 0.3 is 0 Å². The van der Waals surface area contributed by atoms with Gasteiger partial charge in [-0.1, -0.05) is 0 Å². The van der Waals surface area contributed by atoms with Crippen LogP contribution in [0.4, 0.5) is 0 Å². The number of hydrogen-bond donors (Lipinski definition) is 2. The van der Waals surface area contributed by atoms with Gasteiger partial charge in [0, 0.05) is 12.5 Å². The van der Waals surface area contributed by atoms with Crippen molar-refractivity contribution < 1.29 is 4.79 Å². The first kappa shape index (κ1) is 6.55. The summed E-state index contributed by atoms with van der Waals surface area (Å²) in [5.41, 5.74) is 4.99. The van der Waals surface area contributed by atoms with E-state index in [9.17, 15) is 4.79 Å². The number of nitrogens with two attached hydrogens (primary N) is 1. The summed E-state index contributed by atoms with van der Waals surface area (Å²) in [7, 11) is 0. The molecule has 1 heterocycles. The van der Waals surface area contributed by atoms with Crippen molar-refractivity contribution in [2.45, 2.75) is 25.3 Å². The zero-order valence-corrected chi connectivity index (χ0v) is 5.39. The average molecular weight is 128 g/mol. The van der Waals surface area contributed by atoms with Gasteiger partial charge < -0.3 is 11.1 Å². The van der Waals surface area contributed by atoms with Gasteiger partial charge in [0.25, 0.3) is 0 Å². The molecule has 1 unspecified atom stereocenters. The third kappa shape index (κ3) is 2.01. The first-order valence-electron chi connectivity index (χ1n) is 3.31. The minimum Gasteiger partial charge on any atom is -0.370 e. The molecule has 52 valence electrons. The lowest BCUT2D eigenvalue weighted by Crippen LogP contribution is -2.27. The normalized spacial score (nSPS) is 26.4. The molecule has 0 bridgehead atoms. The van der Waals surface area contributed by atoms with Crippen LogP contribution >= 0.6 is 0 Å². The SMILES string of the molecule is NC(=O)CC1CCCN1. The topological polar surface area (TPSA) is 55.1 Å². The molecule has 0 aromatic rings. The molecule has 1 saturated heterocycles. The quantitative estimate of drug-likeness (QED) is 0.532. The minimum atomic E-state index is -0.200. The van der Waals surface area contributed by atoms with Gasteiger partial charge in [0.05, 0.1) is 0 Å². The van der Waals surface area contributed by atoms with Crippen LogP contribution in [0.15, 0.2) is 0 Å². The van der Waals surface area contributed by atoms with Gasteiger partial charge in [-0.3, -0.25) is 4.79 Å². The molecule has 0 aliphatic carbocycles. The maximum absolute atomic E-state index is 10.3. The fourth-order valence-electron chi connectivity index (χ4n) is 1.17. The Morgan fingerprint density at radius 1 is 1.78 bits per heavy atom. The van der Waals surface area contributed by atoms with Crippen molar-refractivity contribution >= 4 is 5.91 Å². The lowest BCUT2D eigenvalue weighted by atomic mass is 10.1. The standard InChI is InChI=1S/C6H12N2O/c7-6(9)4-5-2-1-3-8-5/h5,8H,1-4H2,(H2,7,9). The Morgan fingerprint density at radius 2 is 2.56 bits per heavy atom. The van der Waals surface area contributed by atoms with Gasteiger partial charge in [0.1, 0.15) is 0 Å². The third-order valence-electron chi connectivity index (χ3n) is 1.61. The van der Waals surface area contributed by atoms with Crippen molar-refractivity contribution in [3.8, 4) is 0 Å². The summed E-state index contributed by atoms with van der Waals surface area (Å²) in [5.74, 6) is -0.200. The Bertz CT molecular complexity index is 108. The fourth-order valence-corrected chi connectivity index (χ4v) is 1.17. The molecule has 3 heteroatoms. The van der Waals surface area contributed by atoms with E-state index >= 15 is 0 Å². The third-order valence-corrected chi connectivity index (χ3v) is 1.61. The fraction of sp³-hybridized carbons (Fsp3) is 0.833. The Hall–Kier alpha value is -0.570. The van der Waals surface area contributed by atoms with Crippen LogP contribution in [0.2, 0.25) is 0 Å². The van der Waals surface area contributed by atoms with E-state index in [1.807, 2.05) is 0 Å². The van der Waals surface area contributed by atoms with Crippen LogP contribution in [0.1, 0.15) is 19.3 Å². The highest BCUT2D eigenvalue weighted by Crippen LogP contribution is 2.07. The molecule has 0 radical (unpaired) electrons. The van der Waals surface area contributed by atoms with Crippen LogP contribution in [0.5, 0.6) is 0 Å². The highest BCUT2D eigenvalue weighted by Gasteiger charge is 2.15. The minimum absolute atomic E-state index is 0.200. The molecule has 1 aliphatic rings. The maximum atomic E-state index is 10.3. The Kier molecular flexibility index (Phi) is 2.05.